The second-order valence-corrected chi connectivity index (χ2v) is 11.3. The van der Waals surface area contributed by atoms with Crippen molar-refractivity contribution >= 4 is 32.9 Å². The lowest BCUT2D eigenvalue weighted by Gasteiger charge is -2.34. The first kappa shape index (κ1) is 26.5. The highest BCUT2D eigenvalue weighted by atomic mass is 35.5. The van der Waals surface area contributed by atoms with Crippen LogP contribution >= 0.6 is 11.6 Å². The summed E-state index contributed by atoms with van der Waals surface area (Å²) < 4.78 is 73.0. The molecule has 0 bridgehead atoms. The van der Waals surface area contributed by atoms with E-state index in [1.165, 1.54) is 22.8 Å². The third-order valence-electron chi connectivity index (χ3n) is 5.66. The molecule has 4 heterocycles. The van der Waals surface area contributed by atoms with Crippen molar-refractivity contribution in [2.45, 2.75) is 31.5 Å². The van der Waals surface area contributed by atoms with Gasteiger partial charge in [-0.1, -0.05) is 11.6 Å². The predicted octanol–water partition coefficient (Wildman–Crippen LogP) is 3.68. The zero-order valence-corrected chi connectivity index (χ0v) is 20.7. The van der Waals surface area contributed by atoms with Crippen molar-refractivity contribution in [2.24, 2.45) is 0 Å². The minimum Gasteiger partial charge on any atom is -0.478 e. The Morgan fingerprint density at radius 1 is 1.32 bits per heavy atom. The molecule has 37 heavy (non-hydrogen) atoms. The molecular weight excluding hydrogens is 539 g/mol. The number of aromatic nitrogens is 3. The number of hydrogen-bond donors (Lipinski definition) is 1. The Labute approximate surface area is 213 Å². The number of amides is 1. The molecule has 15 heteroatoms. The Balaban J connectivity index is 1.57. The van der Waals surface area contributed by atoms with Gasteiger partial charge in [0.15, 0.2) is 18.1 Å². The van der Waals surface area contributed by atoms with E-state index in [0.717, 1.165) is 12.3 Å². The summed E-state index contributed by atoms with van der Waals surface area (Å²) in [7, 11) is -3.13. The monoisotopic (exact) mass is 557 g/mol. The van der Waals surface area contributed by atoms with Gasteiger partial charge in [-0.2, -0.15) is 23.5 Å². The molecule has 0 aliphatic carbocycles. The van der Waals surface area contributed by atoms with Crippen LogP contribution in [0.5, 0.6) is 17.4 Å². The van der Waals surface area contributed by atoms with Gasteiger partial charge in [-0.3, -0.25) is 4.79 Å². The Morgan fingerprint density at radius 2 is 2.03 bits per heavy atom. The van der Waals surface area contributed by atoms with Gasteiger partial charge in [-0.15, -0.1) is 0 Å². The Bertz CT molecular complexity index is 1500. The van der Waals surface area contributed by atoms with Crippen molar-refractivity contribution in [1.29, 1.82) is 5.26 Å². The molecule has 10 nitrogen and oxygen atoms in total. The Hall–Kier alpha value is -3.57. The summed E-state index contributed by atoms with van der Waals surface area (Å²) in [6, 6.07) is 5.64. The first-order valence-corrected chi connectivity index (χ1v) is 13.0. The summed E-state index contributed by atoms with van der Waals surface area (Å²) >= 11 is 6.41. The normalized spacial score (nSPS) is 16.6. The Kier molecular flexibility index (Phi) is 6.95. The van der Waals surface area contributed by atoms with Crippen LogP contribution in [0.2, 0.25) is 5.02 Å². The number of carbonyl (C=O) groups is 1. The van der Waals surface area contributed by atoms with Crippen LogP contribution in [0.3, 0.4) is 0 Å². The van der Waals surface area contributed by atoms with Gasteiger partial charge >= 0.3 is 6.18 Å². The summed E-state index contributed by atoms with van der Waals surface area (Å²) in [6.07, 6.45) is -1.59. The molecule has 0 aromatic carbocycles. The predicted molar refractivity (Wildman–Crippen MR) is 125 cm³/mol. The maximum atomic E-state index is 12.9. The van der Waals surface area contributed by atoms with E-state index < -0.39 is 39.8 Å². The first-order valence-electron chi connectivity index (χ1n) is 10.8. The highest BCUT2D eigenvalue weighted by Gasteiger charge is 2.36. The highest BCUT2D eigenvalue weighted by Crippen LogP contribution is 2.33. The van der Waals surface area contributed by atoms with Crippen LogP contribution in [0.1, 0.15) is 35.8 Å². The molecule has 0 radical (unpaired) electrons. The van der Waals surface area contributed by atoms with Gasteiger partial charge in [0.05, 0.1) is 27.6 Å². The van der Waals surface area contributed by atoms with Crippen LogP contribution in [-0.2, 0) is 9.84 Å². The topological polar surface area (TPSA) is 136 Å². The van der Waals surface area contributed by atoms with E-state index in [0.29, 0.717) is 0 Å². The molecule has 0 saturated carbocycles. The van der Waals surface area contributed by atoms with Gasteiger partial charge in [0.1, 0.15) is 21.7 Å². The summed E-state index contributed by atoms with van der Waals surface area (Å²) in [4.78, 5) is 16.8. The molecule has 4 rings (SSSR count). The molecule has 1 aliphatic rings. The smallest absolute Gasteiger partial charge is 0.422 e. The maximum absolute atomic E-state index is 12.9. The number of ether oxygens (including phenoxy) is 2. The third-order valence-corrected chi connectivity index (χ3v) is 7.68. The summed E-state index contributed by atoms with van der Waals surface area (Å²) in [5, 5.41) is 16.0. The lowest BCUT2D eigenvalue weighted by Crippen LogP contribution is -2.51. The number of carbonyl (C=O) groups excluding carboxylic acids is 1. The van der Waals surface area contributed by atoms with Crippen LogP contribution in [0.25, 0.3) is 5.52 Å². The summed E-state index contributed by atoms with van der Waals surface area (Å²) in [5.41, 5.74) is -0.617. The second kappa shape index (κ2) is 9.71. The van der Waals surface area contributed by atoms with Crippen molar-refractivity contribution in [3.8, 4) is 23.4 Å². The molecule has 3 aromatic heterocycles. The van der Waals surface area contributed by atoms with Crippen molar-refractivity contribution in [3.63, 3.8) is 0 Å². The van der Waals surface area contributed by atoms with Crippen molar-refractivity contribution in [2.75, 3.05) is 18.1 Å². The van der Waals surface area contributed by atoms with E-state index in [-0.39, 0.29) is 57.8 Å². The van der Waals surface area contributed by atoms with Crippen molar-refractivity contribution in [3.05, 3.63) is 46.9 Å². The molecule has 0 unspecified atom stereocenters. The quantitative estimate of drug-likeness (QED) is 0.485. The van der Waals surface area contributed by atoms with E-state index >= 15 is 0 Å². The van der Waals surface area contributed by atoms with E-state index in [1.54, 1.807) is 13.0 Å². The second-order valence-electron chi connectivity index (χ2n) is 8.67. The van der Waals surface area contributed by atoms with E-state index in [1.807, 2.05) is 0 Å². The van der Waals surface area contributed by atoms with Crippen LogP contribution in [0.15, 0.2) is 30.6 Å². The molecule has 1 amide bonds. The van der Waals surface area contributed by atoms with E-state index in [2.05, 4.69) is 15.4 Å². The minimum absolute atomic E-state index is 0.0173. The zero-order valence-electron chi connectivity index (χ0n) is 19.2. The summed E-state index contributed by atoms with van der Waals surface area (Å²) in [6.45, 7) is 0.134. The molecule has 1 fully saturated rings. The molecule has 1 saturated heterocycles. The first-order chi connectivity index (χ1) is 17.3. The van der Waals surface area contributed by atoms with Gasteiger partial charge in [-0.05, 0) is 25.8 Å². The molecular formula is C22H19ClF3N5O5S. The minimum atomic E-state index is -4.62. The van der Waals surface area contributed by atoms with Gasteiger partial charge < -0.3 is 14.8 Å². The number of nitrogens with zero attached hydrogens (tertiary/aromatic N) is 4. The van der Waals surface area contributed by atoms with Crippen LogP contribution in [0.4, 0.5) is 13.2 Å². The van der Waals surface area contributed by atoms with Gasteiger partial charge in [0, 0.05) is 30.1 Å². The number of halogens is 4. The number of rotatable bonds is 6. The fourth-order valence-corrected chi connectivity index (χ4v) is 5.59. The number of hydrogen-bond acceptors (Lipinski definition) is 8. The van der Waals surface area contributed by atoms with Crippen LogP contribution < -0.4 is 14.8 Å². The average molecular weight is 558 g/mol. The summed E-state index contributed by atoms with van der Waals surface area (Å²) in [5.74, 6) is -1.28. The molecule has 3 aromatic rings. The van der Waals surface area contributed by atoms with Crippen LogP contribution in [-0.4, -0.2) is 58.8 Å². The molecule has 196 valence electrons. The molecule has 1 N–H and O–H groups in total. The fraction of sp³-hybridized carbons (Fsp3) is 0.364. The number of nitriles is 1. The van der Waals surface area contributed by atoms with E-state index in [9.17, 15) is 26.4 Å². The zero-order chi connectivity index (χ0) is 27.0. The maximum Gasteiger partial charge on any atom is 0.422 e. The number of alkyl halides is 3. The number of sulfone groups is 1. The lowest BCUT2D eigenvalue weighted by molar-refractivity contribution is -0.153. The number of pyridine rings is 2. The molecule has 1 aliphatic heterocycles. The molecule has 0 spiro atoms. The van der Waals surface area contributed by atoms with Crippen molar-refractivity contribution in [1.82, 2.24) is 19.9 Å². The number of fused-ring (bicyclic) bond motifs is 1. The largest absolute Gasteiger partial charge is 0.478 e. The highest BCUT2D eigenvalue weighted by molar-refractivity contribution is 7.91. The standard InChI is InChI=1S/C22H19ClF3N5O5S/c1-21(3-6-37(33,34)7-4-21)29-19(32)18-17(23)15-9-14(2-5-31(15)30-18)36-20-16(35-12-22(24,25)26)8-13(10-27)11-28-20/h2,5,8-9,11H,3-4,6-7,12H2,1H3,(H,29,32). The number of nitrogens with one attached hydrogen (secondary N) is 1. The SMILES string of the molecule is CC1(NC(=O)c2nn3ccc(Oc4ncc(C#N)cc4OCC(F)(F)F)cc3c2Cl)CCS(=O)(=O)CC1. The van der Waals surface area contributed by atoms with E-state index in [4.69, 9.17) is 26.3 Å². The van der Waals surface area contributed by atoms with Gasteiger partial charge in [0.25, 0.3) is 11.8 Å². The van der Waals surface area contributed by atoms with Crippen LogP contribution in [0, 0.1) is 11.3 Å². The lowest BCUT2D eigenvalue weighted by atomic mass is 9.94. The van der Waals surface area contributed by atoms with Gasteiger partial charge in [0.2, 0.25) is 0 Å². The fourth-order valence-electron chi connectivity index (χ4n) is 3.60. The van der Waals surface area contributed by atoms with Crippen molar-refractivity contribution < 1.29 is 35.9 Å². The molecule has 0 atom stereocenters. The Morgan fingerprint density at radius 3 is 2.68 bits per heavy atom. The third kappa shape index (κ3) is 6.23. The average Bonchev–Trinajstić information content (AvgIpc) is 3.16. The van der Waals surface area contributed by atoms with Gasteiger partial charge in [-0.25, -0.2) is 17.9 Å².